The van der Waals surface area contributed by atoms with Crippen molar-refractivity contribution in [3.63, 3.8) is 0 Å². The maximum atomic E-state index is 12.2. The molecule has 0 spiro atoms. The van der Waals surface area contributed by atoms with E-state index in [9.17, 15) is 13.2 Å². The Balaban J connectivity index is 1.98. The van der Waals surface area contributed by atoms with Crippen molar-refractivity contribution in [3.05, 3.63) is 54.1 Å². The fourth-order valence-corrected chi connectivity index (χ4v) is 3.15. The van der Waals surface area contributed by atoms with Gasteiger partial charge in [-0.05, 0) is 49.3 Å². The number of allylic oxidation sites excluding steroid dienone is 3. The number of nitriles is 1. The number of hydrogen-bond donors (Lipinski definition) is 0. The van der Waals surface area contributed by atoms with Gasteiger partial charge < -0.3 is 9.47 Å². The number of rotatable bonds is 5. The standard InChI is InChI=1S/C19H20F3NO2/c1-24-18(11-3-2-4-14-23)12-9-16(10-13-18)15-5-7-17(8-6-15)25-19(20,21)22/h2-8,11,16H,9-10,12-13H2,1H3/t16-,18+. The smallest absolute Gasteiger partial charge is 0.406 e. The first-order valence-electron chi connectivity index (χ1n) is 8.02. The van der Waals surface area contributed by atoms with Crippen LogP contribution in [0.5, 0.6) is 5.75 Å². The lowest BCUT2D eigenvalue weighted by Gasteiger charge is -2.37. The van der Waals surface area contributed by atoms with Gasteiger partial charge in [-0.3, -0.25) is 0 Å². The molecule has 3 nitrogen and oxygen atoms in total. The van der Waals surface area contributed by atoms with E-state index in [1.54, 1.807) is 25.3 Å². The zero-order valence-electron chi connectivity index (χ0n) is 13.9. The molecule has 2 rings (SSSR count). The zero-order chi connectivity index (χ0) is 18.3. The molecule has 1 fully saturated rings. The van der Waals surface area contributed by atoms with E-state index in [0.717, 1.165) is 31.2 Å². The van der Waals surface area contributed by atoms with E-state index in [1.165, 1.54) is 18.2 Å². The van der Waals surface area contributed by atoms with Gasteiger partial charge in [0.05, 0.1) is 11.7 Å². The molecule has 0 bridgehead atoms. The molecule has 1 aromatic rings. The Bertz CT molecular complexity index is 649. The highest BCUT2D eigenvalue weighted by atomic mass is 19.4. The average Bonchev–Trinajstić information content (AvgIpc) is 2.59. The SMILES string of the molecule is CO[C@]1(C=CC=CC#N)CC[C@H](c2ccc(OC(F)(F)F)cc2)CC1. The maximum Gasteiger partial charge on any atom is 0.573 e. The summed E-state index contributed by atoms with van der Waals surface area (Å²) in [6.45, 7) is 0. The third-order valence-corrected chi connectivity index (χ3v) is 4.51. The highest BCUT2D eigenvalue weighted by Crippen LogP contribution is 2.41. The average molecular weight is 351 g/mol. The summed E-state index contributed by atoms with van der Waals surface area (Å²) in [7, 11) is 1.67. The van der Waals surface area contributed by atoms with Crippen LogP contribution in [0.25, 0.3) is 0 Å². The fraction of sp³-hybridized carbons (Fsp3) is 0.421. The molecule has 0 radical (unpaired) electrons. The first kappa shape index (κ1) is 19.1. The van der Waals surface area contributed by atoms with E-state index in [1.807, 2.05) is 18.2 Å². The summed E-state index contributed by atoms with van der Waals surface area (Å²) >= 11 is 0. The predicted octanol–water partition coefficient (Wildman–Crippen LogP) is 5.26. The molecule has 0 unspecified atom stereocenters. The van der Waals surface area contributed by atoms with Gasteiger partial charge in [-0.2, -0.15) is 5.26 Å². The Morgan fingerprint density at radius 3 is 2.32 bits per heavy atom. The van der Waals surface area contributed by atoms with Crippen LogP contribution in [-0.4, -0.2) is 19.1 Å². The quantitative estimate of drug-likeness (QED) is 0.536. The van der Waals surface area contributed by atoms with Crippen LogP contribution in [-0.2, 0) is 4.74 Å². The number of nitrogens with zero attached hydrogens (tertiary/aromatic N) is 1. The van der Waals surface area contributed by atoms with Crippen LogP contribution in [0.15, 0.2) is 48.6 Å². The lowest BCUT2D eigenvalue weighted by atomic mass is 9.76. The Morgan fingerprint density at radius 2 is 1.80 bits per heavy atom. The van der Waals surface area contributed by atoms with Crippen molar-refractivity contribution < 1.29 is 22.6 Å². The third kappa shape index (κ3) is 5.64. The van der Waals surface area contributed by atoms with Gasteiger partial charge in [-0.1, -0.05) is 30.4 Å². The molecule has 1 aliphatic carbocycles. The predicted molar refractivity (Wildman–Crippen MR) is 88.0 cm³/mol. The van der Waals surface area contributed by atoms with Crippen LogP contribution in [0.4, 0.5) is 13.2 Å². The van der Waals surface area contributed by atoms with Crippen LogP contribution >= 0.6 is 0 Å². The second kappa shape index (κ2) is 8.21. The molecule has 6 heteroatoms. The summed E-state index contributed by atoms with van der Waals surface area (Å²) in [5, 5.41) is 8.49. The number of benzene rings is 1. The summed E-state index contributed by atoms with van der Waals surface area (Å²) in [4.78, 5) is 0. The van der Waals surface area contributed by atoms with Crippen LogP contribution in [0.2, 0.25) is 0 Å². The largest absolute Gasteiger partial charge is 0.573 e. The summed E-state index contributed by atoms with van der Waals surface area (Å²) < 4.78 is 46.2. The molecule has 25 heavy (non-hydrogen) atoms. The molecule has 0 N–H and O–H groups in total. The third-order valence-electron chi connectivity index (χ3n) is 4.51. The van der Waals surface area contributed by atoms with E-state index in [4.69, 9.17) is 10.00 Å². The summed E-state index contributed by atoms with van der Waals surface area (Å²) in [6.07, 6.45) is 5.56. The van der Waals surface area contributed by atoms with E-state index in [0.29, 0.717) is 0 Å². The first-order valence-corrected chi connectivity index (χ1v) is 8.02. The van der Waals surface area contributed by atoms with Gasteiger partial charge in [0.1, 0.15) is 5.75 Å². The van der Waals surface area contributed by atoms with Gasteiger partial charge in [0.15, 0.2) is 0 Å². The molecule has 0 aliphatic heterocycles. The maximum absolute atomic E-state index is 12.2. The van der Waals surface area contributed by atoms with E-state index in [2.05, 4.69) is 4.74 Å². The Hall–Kier alpha value is -2.26. The number of alkyl halides is 3. The van der Waals surface area contributed by atoms with Crippen molar-refractivity contribution in [1.29, 1.82) is 5.26 Å². The molecule has 0 aromatic heterocycles. The van der Waals surface area contributed by atoms with Crippen molar-refractivity contribution >= 4 is 0 Å². The second-order valence-electron chi connectivity index (χ2n) is 6.01. The van der Waals surface area contributed by atoms with E-state index >= 15 is 0 Å². The molecular weight excluding hydrogens is 331 g/mol. The Kier molecular flexibility index (Phi) is 6.27. The number of halogens is 3. The highest BCUT2D eigenvalue weighted by molar-refractivity contribution is 5.30. The van der Waals surface area contributed by atoms with Gasteiger partial charge in [0.2, 0.25) is 0 Å². The molecule has 0 saturated heterocycles. The number of hydrogen-bond acceptors (Lipinski definition) is 3. The minimum Gasteiger partial charge on any atom is -0.406 e. The Labute approximate surface area is 145 Å². The summed E-state index contributed by atoms with van der Waals surface area (Å²) in [5.41, 5.74) is 0.655. The topological polar surface area (TPSA) is 42.2 Å². The molecule has 0 atom stereocenters. The van der Waals surface area contributed by atoms with Crippen molar-refractivity contribution in [2.75, 3.05) is 7.11 Å². The fourth-order valence-electron chi connectivity index (χ4n) is 3.15. The van der Waals surface area contributed by atoms with Gasteiger partial charge >= 0.3 is 6.36 Å². The number of methoxy groups -OCH3 is 1. The normalized spacial score (nSPS) is 24.5. The van der Waals surface area contributed by atoms with Crippen molar-refractivity contribution in [1.82, 2.24) is 0 Å². The van der Waals surface area contributed by atoms with Gasteiger partial charge in [0, 0.05) is 13.2 Å². The van der Waals surface area contributed by atoms with Gasteiger partial charge in [0.25, 0.3) is 0 Å². The lowest BCUT2D eigenvalue weighted by molar-refractivity contribution is -0.274. The van der Waals surface area contributed by atoms with E-state index in [-0.39, 0.29) is 17.3 Å². The summed E-state index contributed by atoms with van der Waals surface area (Å²) in [6, 6.07) is 8.02. The minimum absolute atomic E-state index is 0.203. The molecule has 0 amide bonds. The molecule has 1 aliphatic rings. The summed E-state index contributed by atoms with van der Waals surface area (Å²) in [5.74, 6) is 0.0803. The van der Waals surface area contributed by atoms with Crippen LogP contribution in [0.3, 0.4) is 0 Å². The lowest BCUT2D eigenvalue weighted by Crippen LogP contribution is -2.33. The second-order valence-corrected chi connectivity index (χ2v) is 6.01. The Morgan fingerprint density at radius 1 is 1.16 bits per heavy atom. The molecule has 1 aromatic carbocycles. The van der Waals surface area contributed by atoms with Crippen LogP contribution in [0.1, 0.15) is 37.2 Å². The highest BCUT2D eigenvalue weighted by Gasteiger charge is 2.34. The zero-order valence-corrected chi connectivity index (χ0v) is 13.9. The van der Waals surface area contributed by atoms with Crippen molar-refractivity contribution in [2.45, 2.75) is 43.6 Å². The van der Waals surface area contributed by atoms with Crippen LogP contribution < -0.4 is 4.74 Å². The molecule has 0 heterocycles. The van der Waals surface area contributed by atoms with Crippen molar-refractivity contribution in [2.24, 2.45) is 0 Å². The minimum atomic E-state index is -4.67. The molecular formula is C19H20F3NO2. The van der Waals surface area contributed by atoms with Gasteiger partial charge in [-0.25, -0.2) is 0 Å². The molecule has 134 valence electrons. The van der Waals surface area contributed by atoms with E-state index < -0.39 is 6.36 Å². The first-order chi connectivity index (χ1) is 11.9. The molecule has 1 saturated carbocycles. The van der Waals surface area contributed by atoms with Crippen LogP contribution in [0, 0.1) is 11.3 Å². The monoisotopic (exact) mass is 351 g/mol. The van der Waals surface area contributed by atoms with Gasteiger partial charge in [-0.15, -0.1) is 13.2 Å². The number of ether oxygens (including phenoxy) is 2. The van der Waals surface area contributed by atoms with Crippen molar-refractivity contribution in [3.8, 4) is 11.8 Å².